The molecule has 1 saturated heterocycles. The van der Waals surface area contributed by atoms with Crippen molar-refractivity contribution in [1.82, 2.24) is 45.7 Å². The summed E-state index contributed by atoms with van der Waals surface area (Å²) in [4.78, 5) is 111. The van der Waals surface area contributed by atoms with Crippen LogP contribution in [0.25, 0.3) is 53.2 Å². The number of carbonyl (C=O) groups excluding carboxylic acids is 6. The van der Waals surface area contributed by atoms with Crippen molar-refractivity contribution in [3.8, 4) is 34.5 Å². The quantitative estimate of drug-likeness (QED) is 0.00993. The van der Waals surface area contributed by atoms with E-state index in [9.17, 15) is 38.7 Å². The molecule has 28 heteroatoms. The number of rotatable bonds is 32. The van der Waals surface area contributed by atoms with Crippen molar-refractivity contribution in [2.75, 3.05) is 85.1 Å². The molecular weight excluding hydrogens is 1340 g/mol. The Morgan fingerprint density at radius 2 is 1.53 bits per heavy atom. The number of methoxy groups -OCH3 is 1. The minimum atomic E-state index is -1.43. The number of hydrogen-bond acceptors (Lipinski definition) is 18. The van der Waals surface area contributed by atoms with Crippen molar-refractivity contribution >= 4 is 112 Å². The number of thiophene rings is 1. The molecule has 0 spiro atoms. The molecule has 25 nitrogen and oxygen atoms in total. The number of halogens is 2. The molecular formula is C73H77ClFN12O13S+. The molecule has 6 aromatic carbocycles. The van der Waals surface area contributed by atoms with Crippen LogP contribution >= 0.6 is 22.9 Å². The number of anilines is 1. The van der Waals surface area contributed by atoms with Crippen LogP contribution in [0.15, 0.2) is 134 Å². The Bertz CT molecular complexity index is 4590. The lowest BCUT2D eigenvalue weighted by Gasteiger charge is -2.42. The maximum atomic E-state index is 15.4. The number of ether oxygens (including phenoxy) is 5. The normalized spacial score (nSPS) is 14.7. The number of aliphatic carboxylic acids is 1. The largest absolute Gasteiger partial charge is 0.496 e. The summed E-state index contributed by atoms with van der Waals surface area (Å²) in [6, 6.07) is 29.2. The van der Waals surface area contributed by atoms with Gasteiger partial charge in [-0.15, -0.1) is 11.3 Å². The van der Waals surface area contributed by atoms with Gasteiger partial charge in [0, 0.05) is 89.5 Å². The van der Waals surface area contributed by atoms with Crippen molar-refractivity contribution in [3.63, 3.8) is 0 Å². The van der Waals surface area contributed by atoms with E-state index in [4.69, 9.17) is 46.0 Å². The molecule has 3 aromatic heterocycles. The van der Waals surface area contributed by atoms with Gasteiger partial charge in [0.2, 0.25) is 29.7 Å². The second kappa shape index (κ2) is 32.7. The highest BCUT2D eigenvalue weighted by atomic mass is 35.5. The number of nitrogens with two attached hydrogens (primary N) is 1. The number of carboxylic acid groups (broad SMARTS) is 1. The zero-order valence-corrected chi connectivity index (χ0v) is 57.6. The summed E-state index contributed by atoms with van der Waals surface area (Å²) in [6.45, 7) is 8.61. The van der Waals surface area contributed by atoms with E-state index in [1.165, 1.54) is 41.9 Å². The smallest absolute Gasteiger partial charge is 0.345 e. The maximum Gasteiger partial charge on any atom is 0.345 e. The van der Waals surface area contributed by atoms with Crippen molar-refractivity contribution in [2.45, 2.75) is 70.9 Å². The van der Waals surface area contributed by atoms with E-state index < -0.39 is 65.5 Å². The summed E-state index contributed by atoms with van der Waals surface area (Å²) in [5.41, 5.74) is 8.70. The lowest BCUT2D eigenvalue weighted by molar-refractivity contribution is -0.926. The fourth-order valence-electron chi connectivity index (χ4n) is 12.3. The van der Waals surface area contributed by atoms with E-state index in [-0.39, 0.29) is 69.0 Å². The van der Waals surface area contributed by atoms with E-state index in [1.807, 2.05) is 42.5 Å². The second-order valence-corrected chi connectivity index (χ2v) is 26.6. The monoisotopic (exact) mass is 1420 g/mol. The van der Waals surface area contributed by atoms with E-state index in [1.54, 1.807) is 81.8 Å². The Morgan fingerprint density at radius 3 is 2.28 bits per heavy atom. The SMILES string of the molecule is COc1ccccc1-c1nccc(COc2ccccc2C[C@@H](Oc2ncnc3sc4c5ccc(F)cc5c5c(Cl)c(OCCN6CC[N+](C)(Cc7ccc(NC(=O)[C@H](CCCNC(N)=O)NC(=O)[C@@H](NC(=O)CCOCCN8C(=O)C=CC8=O)C(C)C)cc7)CC6)ccc5c4c23)C(=O)O)n1. The summed E-state index contributed by atoms with van der Waals surface area (Å²) in [5.74, 6) is -2.51. The minimum absolute atomic E-state index is 0.0240. The van der Waals surface area contributed by atoms with Gasteiger partial charge >= 0.3 is 12.0 Å². The molecule has 0 aliphatic carbocycles. The number of imide groups is 1. The number of para-hydroxylation sites is 2. The minimum Gasteiger partial charge on any atom is -0.496 e. The highest BCUT2D eigenvalue weighted by molar-refractivity contribution is 7.26. The topological polar surface area (TPSA) is 318 Å². The first-order valence-corrected chi connectivity index (χ1v) is 34.2. The molecule has 0 unspecified atom stereocenters. The lowest BCUT2D eigenvalue weighted by Crippen LogP contribution is -2.57. The molecule has 0 radical (unpaired) electrons. The van der Waals surface area contributed by atoms with Gasteiger partial charge in [-0.25, -0.2) is 33.9 Å². The van der Waals surface area contributed by atoms with Crippen molar-refractivity contribution in [1.29, 1.82) is 0 Å². The molecule has 526 valence electrons. The number of carboxylic acids is 1. The zero-order chi connectivity index (χ0) is 71.3. The standard InChI is InChI=1S/C73H76ClFN12O13S/c1-43(2)65(84-58(88)26-35-97-36-32-86-59(89)23-24-60(86)90)69(92)83-53(12-9-27-78-73(76)95)68(91)82-47-18-15-44(16-19-47)40-87(3)33-29-85(30-34-87)31-37-98-56-22-21-51-61(64(56)74)52-39-46(75)17-20-49(52)66-62(51)63-70(79-42-80-71(63)101-66)100-57(72(93)94)38-45-10-5-7-13-54(45)99-41-48-25-28-77-67(81-48)50-11-6-8-14-55(50)96-4/h5-8,10-11,13-25,28,39,42-43,53,57,65H,9,12,26-27,29-38,40-41H2,1-4H3,(H6-,76,78,82,83,84,88,91,92,93,94,95)/p+1/t53-,57+,65-/m0/s1. The number of nitrogens with one attached hydrogen (secondary N) is 4. The molecule has 0 bridgehead atoms. The van der Waals surface area contributed by atoms with Crippen LogP contribution in [-0.4, -0.2) is 179 Å². The van der Waals surface area contributed by atoms with E-state index in [0.717, 1.165) is 57.9 Å². The number of primary amides is 1. The molecule has 1 fully saturated rings. The van der Waals surface area contributed by atoms with Gasteiger partial charge in [0.1, 0.15) is 66.1 Å². The number of amides is 7. The summed E-state index contributed by atoms with van der Waals surface area (Å²) in [5, 5.41) is 25.5. The Hall–Kier alpha value is -10.5. The summed E-state index contributed by atoms with van der Waals surface area (Å²) < 4.78 is 47.1. The van der Waals surface area contributed by atoms with Gasteiger partial charge in [-0.1, -0.05) is 74.0 Å². The summed E-state index contributed by atoms with van der Waals surface area (Å²) in [6.07, 6.45) is 4.14. The van der Waals surface area contributed by atoms with Crippen LogP contribution in [0, 0.1) is 11.7 Å². The molecule has 5 heterocycles. The molecule has 7 N–H and O–H groups in total. The number of aromatic nitrogens is 4. The van der Waals surface area contributed by atoms with Crippen molar-refractivity contribution < 1.29 is 71.2 Å². The third-order valence-electron chi connectivity index (χ3n) is 17.7. The molecule has 9 aromatic rings. The Labute approximate surface area is 589 Å². The zero-order valence-electron chi connectivity index (χ0n) is 56.0. The van der Waals surface area contributed by atoms with Gasteiger partial charge in [-0.05, 0) is 95.8 Å². The predicted octanol–water partition coefficient (Wildman–Crippen LogP) is 8.75. The van der Waals surface area contributed by atoms with Crippen molar-refractivity contribution in [2.24, 2.45) is 11.7 Å². The number of piperazine rings is 1. The van der Waals surface area contributed by atoms with Crippen LogP contribution in [0.4, 0.5) is 14.9 Å². The number of nitrogens with zero attached hydrogens (tertiary/aromatic N) is 7. The first-order valence-electron chi connectivity index (χ1n) is 33.0. The maximum absolute atomic E-state index is 15.4. The van der Waals surface area contributed by atoms with E-state index in [0.29, 0.717) is 96.7 Å². The third-order valence-corrected chi connectivity index (χ3v) is 19.2. The van der Waals surface area contributed by atoms with Crippen molar-refractivity contribution in [3.05, 3.63) is 162 Å². The summed E-state index contributed by atoms with van der Waals surface area (Å²) in [7, 11) is 3.78. The average molecular weight is 1420 g/mol. The van der Waals surface area contributed by atoms with Gasteiger partial charge < -0.3 is 60.3 Å². The van der Waals surface area contributed by atoms with Gasteiger partial charge in [-0.3, -0.25) is 33.8 Å². The van der Waals surface area contributed by atoms with Crippen LogP contribution in [-0.2, 0) is 53.1 Å². The first kappa shape index (κ1) is 71.8. The van der Waals surface area contributed by atoms with E-state index >= 15 is 4.39 Å². The van der Waals surface area contributed by atoms with Gasteiger partial charge in [0.25, 0.3) is 11.8 Å². The second-order valence-electron chi connectivity index (χ2n) is 25.2. The molecule has 2 aliphatic heterocycles. The Morgan fingerprint density at radius 1 is 0.792 bits per heavy atom. The average Bonchev–Trinajstić information content (AvgIpc) is 1.66. The fraction of sp³-hybridized carbons (Fsp3) is 0.329. The number of quaternary nitrogens is 1. The number of carbonyl (C=O) groups is 7. The lowest BCUT2D eigenvalue weighted by atomic mass is 9.97. The molecule has 101 heavy (non-hydrogen) atoms. The van der Waals surface area contributed by atoms with Crippen LogP contribution in [0.5, 0.6) is 23.1 Å². The Balaban J connectivity index is 0.703. The van der Waals surface area contributed by atoms with Crippen LogP contribution in [0.3, 0.4) is 0 Å². The van der Waals surface area contributed by atoms with E-state index in [2.05, 4.69) is 48.2 Å². The van der Waals surface area contributed by atoms with Crippen LogP contribution < -0.4 is 45.9 Å². The predicted molar refractivity (Wildman–Crippen MR) is 379 cm³/mol. The first-order chi connectivity index (χ1) is 48.7. The fourth-order valence-corrected chi connectivity index (χ4v) is 13.8. The number of hydrogen-bond donors (Lipinski definition) is 6. The number of benzene rings is 6. The molecule has 7 amide bonds. The van der Waals surface area contributed by atoms with Gasteiger partial charge in [0.15, 0.2) is 5.82 Å². The van der Waals surface area contributed by atoms with Crippen LogP contribution in [0.2, 0.25) is 5.02 Å². The van der Waals surface area contributed by atoms with Crippen LogP contribution in [0.1, 0.15) is 49.9 Å². The Kier molecular flexibility index (Phi) is 23.2. The number of likely N-dealkylation sites (N-methyl/N-ethyl adjacent to an activating group) is 1. The molecule has 0 saturated carbocycles. The van der Waals surface area contributed by atoms with Gasteiger partial charge in [0.05, 0.1) is 68.7 Å². The summed E-state index contributed by atoms with van der Waals surface area (Å²) >= 11 is 8.73. The van der Waals surface area contributed by atoms with Gasteiger partial charge in [-0.2, -0.15) is 0 Å². The number of urea groups is 1. The molecule has 11 rings (SSSR count). The number of fused-ring (bicyclic) bond motifs is 8. The highest BCUT2D eigenvalue weighted by Crippen LogP contribution is 2.49. The highest BCUT2D eigenvalue weighted by Gasteiger charge is 2.33. The molecule has 2 aliphatic rings. The molecule has 3 atom stereocenters. The third kappa shape index (κ3) is 17.6.